The van der Waals surface area contributed by atoms with Gasteiger partial charge in [-0.25, -0.2) is 4.79 Å². The molecule has 1 fully saturated rings. The van der Waals surface area contributed by atoms with Crippen molar-refractivity contribution >= 4 is 11.9 Å². The Labute approximate surface area is 104 Å². The second kappa shape index (κ2) is 3.95. The number of hydrogen-bond acceptors (Lipinski definition) is 4. The lowest BCUT2D eigenvalue weighted by Gasteiger charge is -2.25. The molecule has 2 unspecified atom stereocenters. The van der Waals surface area contributed by atoms with Crippen LogP contribution in [0.2, 0.25) is 0 Å². The lowest BCUT2D eigenvalue weighted by molar-refractivity contribution is -0.141. The number of rotatable bonds is 2. The molecule has 0 aromatic carbocycles. The molecule has 0 radical (unpaired) electrons. The van der Waals surface area contributed by atoms with E-state index in [2.05, 4.69) is 10.4 Å². The van der Waals surface area contributed by atoms with E-state index in [0.717, 1.165) is 0 Å². The molecule has 1 aliphatic heterocycles. The predicted molar refractivity (Wildman–Crippen MR) is 53.6 cm³/mol. The second-order valence-corrected chi connectivity index (χ2v) is 4.22. The van der Waals surface area contributed by atoms with Gasteiger partial charge in [-0.15, -0.1) is 0 Å². The van der Waals surface area contributed by atoms with Gasteiger partial charge in [-0.05, 0) is 13.0 Å². The van der Waals surface area contributed by atoms with Crippen LogP contribution in [0.25, 0.3) is 0 Å². The fourth-order valence-corrected chi connectivity index (χ4v) is 1.68. The van der Waals surface area contributed by atoms with Gasteiger partial charge in [0.1, 0.15) is 11.6 Å². The highest BCUT2D eigenvalue weighted by Gasteiger charge is 2.49. The van der Waals surface area contributed by atoms with Crippen molar-refractivity contribution in [1.29, 1.82) is 0 Å². The lowest BCUT2D eigenvalue weighted by atomic mass is 9.92. The summed E-state index contributed by atoms with van der Waals surface area (Å²) in [5.41, 5.74) is -3.31. The minimum Gasteiger partial charge on any atom is -0.384 e. The molecule has 4 N–H and O–H groups in total. The second-order valence-electron chi connectivity index (χ2n) is 4.22. The molecule has 1 aromatic rings. The first-order chi connectivity index (χ1) is 8.64. The first kappa shape index (κ1) is 13.3. The van der Waals surface area contributed by atoms with Gasteiger partial charge < -0.3 is 10.4 Å². The summed E-state index contributed by atoms with van der Waals surface area (Å²) >= 11 is 0. The number of urea groups is 1. The van der Waals surface area contributed by atoms with Crippen LogP contribution < -0.4 is 10.6 Å². The van der Waals surface area contributed by atoms with Gasteiger partial charge >= 0.3 is 12.2 Å². The number of carbonyl (C=O) groups is 2. The third-order valence-electron chi connectivity index (χ3n) is 2.80. The van der Waals surface area contributed by atoms with E-state index in [1.165, 1.54) is 6.92 Å². The predicted octanol–water partition coefficient (Wildman–Crippen LogP) is 0.0600. The van der Waals surface area contributed by atoms with Crippen LogP contribution in [0.15, 0.2) is 6.07 Å². The molecular formula is C9H9F3N4O3. The van der Waals surface area contributed by atoms with E-state index < -0.39 is 35.5 Å². The van der Waals surface area contributed by atoms with Gasteiger partial charge in [0.2, 0.25) is 0 Å². The van der Waals surface area contributed by atoms with E-state index in [-0.39, 0.29) is 5.69 Å². The summed E-state index contributed by atoms with van der Waals surface area (Å²) in [6.07, 6.45) is -6.36. The van der Waals surface area contributed by atoms with Gasteiger partial charge in [0.05, 0.1) is 5.69 Å². The molecule has 19 heavy (non-hydrogen) atoms. The molecular weight excluding hydrogens is 269 g/mol. The van der Waals surface area contributed by atoms with E-state index in [4.69, 9.17) is 0 Å². The van der Waals surface area contributed by atoms with Gasteiger partial charge in [0.25, 0.3) is 5.91 Å². The summed E-state index contributed by atoms with van der Waals surface area (Å²) in [6.45, 7) is 1.19. The van der Waals surface area contributed by atoms with Crippen molar-refractivity contribution in [3.05, 3.63) is 17.5 Å². The quantitative estimate of drug-likeness (QED) is 0.574. The normalized spacial score (nSPS) is 25.1. The topological polar surface area (TPSA) is 107 Å². The summed E-state index contributed by atoms with van der Waals surface area (Å²) in [5, 5.41) is 19.0. The molecule has 0 aliphatic carbocycles. The number of nitrogens with zero attached hydrogens (tertiary/aromatic N) is 1. The Kier molecular flexibility index (Phi) is 2.77. The first-order valence-electron chi connectivity index (χ1n) is 5.09. The number of alkyl halides is 3. The number of H-pyrrole nitrogens is 1. The van der Waals surface area contributed by atoms with Gasteiger partial charge in [-0.3, -0.25) is 15.2 Å². The summed E-state index contributed by atoms with van der Waals surface area (Å²) in [5.74, 6) is -0.840. The number of imide groups is 1. The lowest BCUT2D eigenvalue weighted by Crippen LogP contribution is -2.49. The van der Waals surface area contributed by atoms with Crippen molar-refractivity contribution in [3.63, 3.8) is 0 Å². The number of aromatic nitrogens is 2. The van der Waals surface area contributed by atoms with E-state index in [0.29, 0.717) is 6.07 Å². The van der Waals surface area contributed by atoms with Crippen LogP contribution in [-0.2, 0) is 11.0 Å². The summed E-state index contributed by atoms with van der Waals surface area (Å²) in [7, 11) is 0. The van der Waals surface area contributed by atoms with Crippen LogP contribution in [0.3, 0.4) is 0 Å². The Hall–Kier alpha value is -2.10. The molecule has 0 spiro atoms. The third kappa shape index (κ3) is 2.14. The highest BCUT2D eigenvalue weighted by Crippen LogP contribution is 2.32. The number of aliphatic hydroxyl groups excluding tert-OH is 1. The number of halogens is 3. The Morgan fingerprint density at radius 1 is 1.42 bits per heavy atom. The number of carbonyl (C=O) groups excluding carboxylic acids is 2. The summed E-state index contributed by atoms with van der Waals surface area (Å²) < 4.78 is 37.1. The van der Waals surface area contributed by atoms with Crippen molar-refractivity contribution in [3.8, 4) is 0 Å². The van der Waals surface area contributed by atoms with E-state index in [9.17, 15) is 27.9 Å². The average molecular weight is 278 g/mol. The number of hydrogen-bond donors (Lipinski definition) is 4. The van der Waals surface area contributed by atoms with E-state index >= 15 is 0 Å². The number of aliphatic hydroxyl groups is 1. The molecule has 10 heteroatoms. The number of amides is 3. The molecule has 0 saturated carbocycles. The highest BCUT2D eigenvalue weighted by molar-refractivity contribution is 6.07. The first-order valence-corrected chi connectivity index (χ1v) is 5.09. The molecule has 1 saturated heterocycles. The van der Waals surface area contributed by atoms with Crippen LogP contribution in [0.1, 0.15) is 24.4 Å². The van der Waals surface area contributed by atoms with Crippen LogP contribution in [0.5, 0.6) is 0 Å². The Morgan fingerprint density at radius 2 is 2.05 bits per heavy atom. The van der Waals surface area contributed by atoms with Crippen molar-refractivity contribution in [2.45, 2.75) is 24.7 Å². The summed E-state index contributed by atoms with van der Waals surface area (Å²) in [4.78, 5) is 22.5. The van der Waals surface area contributed by atoms with Crippen LogP contribution in [0, 0.1) is 0 Å². The Morgan fingerprint density at radius 3 is 2.47 bits per heavy atom. The molecule has 2 atom stereocenters. The monoisotopic (exact) mass is 278 g/mol. The Balaban J connectivity index is 2.30. The van der Waals surface area contributed by atoms with Crippen molar-refractivity contribution in [2.75, 3.05) is 0 Å². The zero-order valence-electron chi connectivity index (χ0n) is 9.50. The highest BCUT2D eigenvalue weighted by atomic mass is 19.4. The summed E-state index contributed by atoms with van der Waals surface area (Å²) in [6, 6.07) is -0.254. The van der Waals surface area contributed by atoms with E-state index in [1.54, 1.807) is 0 Å². The maximum absolute atomic E-state index is 12.4. The molecule has 7 nitrogen and oxygen atoms in total. The molecule has 1 aromatic heterocycles. The molecule has 0 bridgehead atoms. The maximum Gasteiger partial charge on any atom is 0.435 e. The fourth-order valence-electron chi connectivity index (χ4n) is 1.68. The minimum atomic E-state index is -4.67. The van der Waals surface area contributed by atoms with Crippen LogP contribution in [-0.4, -0.2) is 32.8 Å². The van der Waals surface area contributed by atoms with Crippen molar-refractivity contribution in [1.82, 2.24) is 20.8 Å². The van der Waals surface area contributed by atoms with Gasteiger partial charge in [-0.2, -0.15) is 18.3 Å². The number of nitrogens with one attached hydrogen (secondary N) is 3. The van der Waals surface area contributed by atoms with Crippen LogP contribution >= 0.6 is 0 Å². The molecule has 1 aliphatic rings. The van der Waals surface area contributed by atoms with Gasteiger partial charge in [0, 0.05) is 0 Å². The van der Waals surface area contributed by atoms with Crippen molar-refractivity contribution < 1.29 is 27.9 Å². The maximum atomic E-state index is 12.4. The zero-order valence-corrected chi connectivity index (χ0v) is 9.50. The third-order valence-corrected chi connectivity index (χ3v) is 2.80. The van der Waals surface area contributed by atoms with Gasteiger partial charge in [-0.1, -0.05) is 0 Å². The van der Waals surface area contributed by atoms with E-state index in [1.807, 2.05) is 10.4 Å². The zero-order chi connectivity index (χ0) is 14.4. The van der Waals surface area contributed by atoms with Crippen LogP contribution in [0.4, 0.5) is 18.0 Å². The minimum absolute atomic E-state index is 0.327. The molecule has 2 heterocycles. The smallest absolute Gasteiger partial charge is 0.384 e. The largest absolute Gasteiger partial charge is 0.435 e. The molecule has 2 rings (SSSR count). The number of aromatic amines is 1. The average Bonchev–Trinajstić information content (AvgIpc) is 2.83. The molecule has 104 valence electrons. The standard InChI is InChI=1S/C9H9F3N4O3/c1-8(6(18)13-7(19)14-8)5(17)3-2-4(16-15-3)9(10,11)12/h2,5,17H,1H3,(H,15,16)(H2,13,14,18,19). The van der Waals surface area contributed by atoms with Crippen molar-refractivity contribution in [2.24, 2.45) is 0 Å². The van der Waals surface area contributed by atoms with Gasteiger partial charge in [0.15, 0.2) is 5.69 Å². The fraction of sp³-hybridized carbons (Fsp3) is 0.444. The SMILES string of the molecule is CC1(C(O)c2cc(C(F)(F)F)n[nH]2)NC(=O)NC1=O. The molecule has 3 amide bonds. The Bertz CT molecular complexity index is 541.